The van der Waals surface area contributed by atoms with Gasteiger partial charge in [-0.1, -0.05) is 33.3 Å². The molecule has 2 heteroatoms. The Morgan fingerprint density at radius 3 is 2.88 bits per heavy atom. The van der Waals surface area contributed by atoms with Gasteiger partial charge in [-0.15, -0.1) is 0 Å². The number of pyridine rings is 1. The summed E-state index contributed by atoms with van der Waals surface area (Å²) in [5.41, 5.74) is 1.79. The lowest BCUT2D eigenvalue weighted by atomic mass is 9.93. The lowest BCUT2D eigenvalue weighted by Gasteiger charge is -2.19. The molecule has 0 aliphatic heterocycles. The minimum absolute atomic E-state index is 0.373. The van der Waals surface area contributed by atoms with Crippen molar-refractivity contribution >= 4 is 0 Å². The summed E-state index contributed by atoms with van der Waals surface area (Å²) in [6.07, 6.45) is 6.51. The van der Waals surface area contributed by atoms with E-state index in [1.807, 2.05) is 12.4 Å². The van der Waals surface area contributed by atoms with Crippen molar-refractivity contribution in [2.45, 2.75) is 39.0 Å². The zero-order chi connectivity index (χ0) is 12.3. The first-order chi connectivity index (χ1) is 8.19. The average molecular weight is 232 g/mol. The Labute approximate surface area is 105 Å². The number of hydrogen-bond acceptors (Lipinski definition) is 2. The van der Waals surface area contributed by atoms with Crippen LogP contribution >= 0.6 is 0 Å². The highest BCUT2D eigenvalue weighted by molar-refractivity contribution is 5.32. The van der Waals surface area contributed by atoms with Crippen molar-refractivity contribution in [1.29, 1.82) is 0 Å². The van der Waals surface area contributed by atoms with Gasteiger partial charge < -0.3 is 5.32 Å². The van der Waals surface area contributed by atoms with Crippen molar-refractivity contribution in [1.82, 2.24) is 10.3 Å². The first kappa shape index (κ1) is 12.6. The third-order valence-electron chi connectivity index (χ3n) is 3.95. The molecule has 0 bridgehead atoms. The van der Waals surface area contributed by atoms with Crippen LogP contribution in [0.15, 0.2) is 24.5 Å². The molecule has 1 heterocycles. The summed E-state index contributed by atoms with van der Waals surface area (Å²) in [5, 5.41) is 3.62. The maximum atomic E-state index is 4.28. The minimum Gasteiger partial charge on any atom is -0.316 e. The molecular weight excluding hydrogens is 208 g/mol. The van der Waals surface area contributed by atoms with E-state index in [0.717, 1.165) is 24.9 Å². The summed E-state index contributed by atoms with van der Waals surface area (Å²) < 4.78 is 0. The van der Waals surface area contributed by atoms with E-state index in [-0.39, 0.29) is 0 Å². The molecule has 0 spiro atoms. The third kappa shape index (κ3) is 2.68. The van der Waals surface area contributed by atoms with Crippen LogP contribution in [0.2, 0.25) is 0 Å². The van der Waals surface area contributed by atoms with Crippen LogP contribution in [0.25, 0.3) is 0 Å². The molecule has 0 aromatic carbocycles. The summed E-state index contributed by atoms with van der Waals surface area (Å²) in [6, 6.07) is 4.30. The largest absolute Gasteiger partial charge is 0.316 e. The highest BCUT2D eigenvalue weighted by Crippen LogP contribution is 2.55. The van der Waals surface area contributed by atoms with Crippen molar-refractivity contribution in [3.05, 3.63) is 30.1 Å². The van der Waals surface area contributed by atoms with E-state index in [1.165, 1.54) is 18.4 Å². The smallest absolute Gasteiger partial charge is 0.0306 e. The molecule has 1 aliphatic carbocycles. The predicted molar refractivity (Wildman–Crippen MR) is 72.0 cm³/mol. The predicted octanol–water partition coefficient (Wildman–Crippen LogP) is 2.99. The molecule has 2 atom stereocenters. The van der Waals surface area contributed by atoms with Gasteiger partial charge in [0.05, 0.1) is 0 Å². The Balaban J connectivity index is 2.02. The number of nitrogens with one attached hydrogen (secondary N) is 1. The molecule has 1 aromatic rings. The average Bonchev–Trinajstić information content (AvgIpc) is 3.05. The minimum atomic E-state index is 0.373. The molecule has 1 aromatic heterocycles. The second-order valence-corrected chi connectivity index (χ2v) is 5.73. The molecule has 2 rings (SSSR count). The highest BCUT2D eigenvalue weighted by Gasteiger charge is 2.53. The summed E-state index contributed by atoms with van der Waals surface area (Å²) >= 11 is 0. The summed E-state index contributed by atoms with van der Waals surface area (Å²) in [4.78, 5) is 4.28. The van der Waals surface area contributed by atoms with E-state index >= 15 is 0 Å². The van der Waals surface area contributed by atoms with E-state index < -0.39 is 0 Å². The molecule has 2 nitrogen and oxygen atoms in total. The normalized spacial score (nSPS) is 27.4. The van der Waals surface area contributed by atoms with Gasteiger partial charge in [-0.25, -0.2) is 0 Å². The molecule has 0 saturated heterocycles. The van der Waals surface area contributed by atoms with Crippen LogP contribution in [0.1, 0.15) is 39.2 Å². The summed E-state index contributed by atoms with van der Waals surface area (Å²) in [6.45, 7) is 9.03. The van der Waals surface area contributed by atoms with Crippen LogP contribution in [-0.4, -0.2) is 18.1 Å². The fraction of sp³-hybridized carbons (Fsp3) is 0.667. The maximum Gasteiger partial charge on any atom is 0.0306 e. The van der Waals surface area contributed by atoms with Crippen LogP contribution in [0.3, 0.4) is 0 Å². The topological polar surface area (TPSA) is 24.9 Å². The number of nitrogens with zero attached hydrogens (tertiary/aromatic N) is 1. The number of rotatable bonds is 6. The van der Waals surface area contributed by atoms with Gasteiger partial charge in [0.2, 0.25) is 0 Å². The molecule has 1 N–H and O–H groups in total. The fourth-order valence-corrected chi connectivity index (χ4v) is 2.83. The van der Waals surface area contributed by atoms with Gasteiger partial charge in [-0.05, 0) is 36.4 Å². The van der Waals surface area contributed by atoms with Gasteiger partial charge in [0.1, 0.15) is 0 Å². The van der Waals surface area contributed by atoms with Gasteiger partial charge in [0, 0.05) is 24.4 Å². The Hall–Kier alpha value is -0.890. The maximum absolute atomic E-state index is 4.28. The van der Waals surface area contributed by atoms with Gasteiger partial charge in [0.15, 0.2) is 0 Å². The van der Waals surface area contributed by atoms with Crippen LogP contribution in [-0.2, 0) is 5.41 Å². The number of hydrogen-bond donors (Lipinski definition) is 1. The van der Waals surface area contributed by atoms with Gasteiger partial charge in [0.25, 0.3) is 0 Å². The Morgan fingerprint density at radius 1 is 1.53 bits per heavy atom. The highest BCUT2D eigenvalue weighted by atomic mass is 14.9. The van der Waals surface area contributed by atoms with E-state index in [4.69, 9.17) is 0 Å². The van der Waals surface area contributed by atoms with E-state index in [9.17, 15) is 0 Å². The molecule has 0 amide bonds. The van der Waals surface area contributed by atoms with Crippen LogP contribution in [0.4, 0.5) is 0 Å². The molecule has 94 valence electrons. The fourth-order valence-electron chi connectivity index (χ4n) is 2.83. The molecule has 17 heavy (non-hydrogen) atoms. The van der Waals surface area contributed by atoms with Crippen molar-refractivity contribution in [2.24, 2.45) is 11.8 Å². The molecular formula is C15H24N2. The molecule has 1 fully saturated rings. The van der Waals surface area contributed by atoms with Crippen molar-refractivity contribution in [3.63, 3.8) is 0 Å². The summed E-state index contributed by atoms with van der Waals surface area (Å²) in [7, 11) is 0. The molecule has 0 radical (unpaired) electrons. The Morgan fingerprint density at radius 2 is 2.35 bits per heavy atom. The molecule has 1 aliphatic rings. The monoisotopic (exact) mass is 232 g/mol. The third-order valence-corrected chi connectivity index (χ3v) is 3.95. The second-order valence-electron chi connectivity index (χ2n) is 5.73. The Bertz CT molecular complexity index is 347. The van der Waals surface area contributed by atoms with Crippen molar-refractivity contribution in [2.75, 3.05) is 13.1 Å². The van der Waals surface area contributed by atoms with E-state index in [2.05, 4.69) is 43.2 Å². The second kappa shape index (κ2) is 5.18. The Kier molecular flexibility index (Phi) is 3.82. The van der Waals surface area contributed by atoms with Crippen LogP contribution in [0.5, 0.6) is 0 Å². The molecule has 1 saturated carbocycles. The van der Waals surface area contributed by atoms with Crippen LogP contribution < -0.4 is 5.32 Å². The lowest BCUT2D eigenvalue weighted by Crippen LogP contribution is -2.31. The first-order valence-corrected chi connectivity index (χ1v) is 6.80. The van der Waals surface area contributed by atoms with Crippen LogP contribution in [0, 0.1) is 11.8 Å². The number of aromatic nitrogens is 1. The lowest BCUT2D eigenvalue weighted by molar-refractivity contribution is 0.482. The quantitative estimate of drug-likeness (QED) is 0.815. The van der Waals surface area contributed by atoms with E-state index in [1.54, 1.807) is 0 Å². The molecule has 2 unspecified atom stereocenters. The first-order valence-electron chi connectivity index (χ1n) is 6.80. The standard InChI is InChI=1S/C15H24N2/c1-4-13-8-15(13,11-17-9-12(2)3)14-6-5-7-16-10-14/h5-7,10,12-13,17H,4,8-9,11H2,1-3H3. The SMILES string of the molecule is CCC1CC1(CNCC(C)C)c1cccnc1. The van der Waals surface area contributed by atoms with Gasteiger partial charge in [-0.2, -0.15) is 0 Å². The summed E-state index contributed by atoms with van der Waals surface area (Å²) in [5.74, 6) is 1.56. The van der Waals surface area contributed by atoms with Gasteiger partial charge in [-0.3, -0.25) is 4.98 Å². The zero-order valence-electron chi connectivity index (χ0n) is 11.2. The zero-order valence-corrected chi connectivity index (χ0v) is 11.2. The van der Waals surface area contributed by atoms with E-state index in [0.29, 0.717) is 5.41 Å². The van der Waals surface area contributed by atoms with Gasteiger partial charge >= 0.3 is 0 Å². The van der Waals surface area contributed by atoms with Crippen molar-refractivity contribution < 1.29 is 0 Å². The van der Waals surface area contributed by atoms with Crippen molar-refractivity contribution in [3.8, 4) is 0 Å².